The van der Waals surface area contributed by atoms with Gasteiger partial charge in [0.05, 0.1) is 0 Å². The Bertz CT molecular complexity index is 1250. The summed E-state index contributed by atoms with van der Waals surface area (Å²) in [7, 11) is 0. The monoisotopic (exact) mass is 657 g/mol. The van der Waals surface area contributed by atoms with Crippen LogP contribution in [-0.2, 0) is 26.8 Å². The molecule has 7 heteroatoms. The van der Waals surface area contributed by atoms with Gasteiger partial charge in [0.1, 0.15) is 5.75 Å². The Morgan fingerprint density at radius 1 is 0.745 bits per heavy atom. The van der Waals surface area contributed by atoms with Crippen molar-refractivity contribution < 1.29 is 24.9 Å². The van der Waals surface area contributed by atoms with E-state index < -0.39 is 40.3 Å². The molecule has 0 spiro atoms. The van der Waals surface area contributed by atoms with Crippen LogP contribution in [0.1, 0.15) is 153 Å². The lowest BCUT2D eigenvalue weighted by molar-refractivity contribution is -0.179. The SMILES string of the molecule is CC(CC(Cc1cc(C(C)(C)C)c(O)c(C(C)(C)C)c1)C1CC(C)(C)NC(C)(C)C1)C(C(=O)O)(C(=O)O)C1CC(C)(C)NC(C)(C)C1. The smallest absolute Gasteiger partial charge is 0.321 e. The molecule has 1 aromatic rings. The topological polar surface area (TPSA) is 119 Å². The van der Waals surface area contributed by atoms with E-state index in [1.165, 1.54) is 0 Å². The van der Waals surface area contributed by atoms with Crippen molar-refractivity contribution in [1.29, 1.82) is 0 Å². The lowest BCUT2D eigenvalue weighted by Gasteiger charge is -2.52. The molecule has 2 atom stereocenters. The van der Waals surface area contributed by atoms with Crippen molar-refractivity contribution in [3.8, 4) is 5.75 Å². The van der Waals surface area contributed by atoms with Gasteiger partial charge in [0, 0.05) is 22.2 Å². The zero-order valence-electron chi connectivity index (χ0n) is 32.4. The number of carbonyl (C=O) groups is 2. The minimum atomic E-state index is -1.92. The van der Waals surface area contributed by atoms with Crippen molar-refractivity contribution in [3.05, 3.63) is 28.8 Å². The van der Waals surface area contributed by atoms with Crippen molar-refractivity contribution in [2.45, 2.75) is 175 Å². The van der Waals surface area contributed by atoms with Gasteiger partial charge in [-0.2, -0.15) is 0 Å². The second kappa shape index (κ2) is 12.6. The van der Waals surface area contributed by atoms with Gasteiger partial charge >= 0.3 is 11.9 Å². The van der Waals surface area contributed by atoms with E-state index in [2.05, 4.69) is 92.0 Å². The second-order valence-electron chi connectivity index (χ2n) is 20.2. The molecular weight excluding hydrogens is 588 g/mol. The summed E-state index contributed by atoms with van der Waals surface area (Å²) in [6, 6.07) is 4.28. The fourth-order valence-electron chi connectivity index (χ4n) is 9.98. The number of phenols is 1. The van der Waals surface area contributed by atoms with Gasteiger partial charge in [0.2, 0.25) is 0 Å². The summed E-state index contributed by atoms with van der Waals surface area (Å²) in [5.41, 5.74) is -0.613. The van der Waals surface area contributed by atoms with Crippen molar-refractivity contribution in [3.63, 3.8) is 0 Å². The number of nitrogens with one attached hydrogen (secondary N) is 2. The fourth-order valence-corrected chi connectivity index (χ4v) is 9.98. The molecule has 0 aliphatic carbocycles. The Morgan fingerprint density at radius 2 is 1.11 bits per heavy atom. The summed E-state index contributed by atoms with van der Waals surface area (Å²) in [4.78, 5) is 26.9. The first kappa shape index (κ1) is 39.3. The average molecular weight is 657 g/mol. The molecule has 47 heavy (non-hydrogen) atoms. The summed E-state index contributed by atoms with van der Waals surface area (Å²) >= 11 is 0. The number of aliphatic carboxylic acids is 2. The summed E-state index contributed by atoms with van der Waals surface area (Å²) in [5.74, 6) is -2.97. The standard InChI is InChI=1S/C40H68N2O5/c1-24(40(32(44)45,33(46)47)28-22-38(12,13)42-39(14,15)23-28)16-26(27-20-36(8,9)41-37(10,11)21-27)17-25-18-29(34(2,3)4)31(43)30(19-25)35(5,6)7/h18-19,24,26-28,41-43H,16-17,20-23H2,1-15H3,(H,44,45)(H,46,47). The number of hydrogen-bond donors (Lipinski definition) is 5. The molecule has 0 saturated carbocycles. The van der Waals surface area contributed by atoms with Crippen LogP contribution in [0.5, 0.6) is 5.75 Å². The third-order valence-corrected chi connectivity index (χ3v) is 11.1. The van der Waals surface area contributed by atoms with Crippen LogP contribution in [0, 0.1) is 29.1 Å². The first-order chi connectivity index (χ1) is 20.9. The second-order valence-corrected chi connectivity index (χ2v) is 20.2. The summed E-state index contributed by atoms with van der Waals surface area (Å²) in [5, 5.41) is 40.9. The fraction of sp³-hybridized carbons (Fsp3) is 0.800. The van der Waals surface area contributed by atoms with Crippen molar-refractivity contribution in [2.24, 2.45) is 29.1 Å². The lowest BCUT2D eigenvalue weighted by Crippen LogP contribution is -2.63. The van der Waals surface area contributed by atoms with Gasteiger partial charge in [-0.25, -0.2) is 0 Å². The number of carboxylic acid groups (broad SMARTS) is 2. The quantitative estimate of drug-likeness (QED) is 0.169. The van der Waals surface area contributed by atoms with Crippen LogP contribution in [0.3, 0.4) is 0 Å². The molecule has 2 aliphatic rings. The number of hydrogen-bond acceptors (Lipinski definition) is 5. The van der Waals surface area contributed by atoms with Crippen LogP contribution in [0.4, 0.5) is 0 Å². The Kier molecular flexibility index (Phi) is 10.6. The Balaban J connectivity index is 2.21. The van der Waals surface area contributed by atoms with Crippen LogP contribution in [0.25, 0.3) is 0 Å². The van der Waals surface area contributed by atoms with Crippen molar-refractivity contribution in [2.75, 3.05) is 0 Å². The van der Waals surface area contributed by atoms with Crippen LogP contribution in [0.2, 0.25) is 0 Å². The zero-order valence-corrected chi connectivity index (χ0v) is 32.4. The van der Waals surface area contributed by atoms with E-state index in [-0.39, 0.29) is 33.7 Å². The molecule has 0 radical (unpaired) electrons. The van der Waals surface area contributed by atoms with Gasteiger partial charge in [-0.3, -0.25) is 9.59 Å². The van der Waals surface area contributed by atoms with E-state index >= 15 is 0 Å². The Hall–Kier alpha value is -2.12. The summed E-state index contributed by atoms with van der Waals surface area (Å²) in [6.45, 7) is 31.7. The molecule has 0 aromatic heterocycles. The predicted octanol–water partition coefficient (Wildman–Crippen LogP) is 8.44. The number of benzene rings is 1. The molecule has 2 unspecified atom stereocenters. The number of piperidine rings is 2. The minimum absolute atomic E-state index is 0.0386. The minimum Gasteiger partial charge on any atom is -0.507 e. The molecule has 0 bridgehead atoms. The van der Waals surface area contributed by atoms with E-state index in [1.54, 1.807) is 0 Å². The number of aromatic hydroxyl groups is 1. The Labute approximate surface area is 286 Å². The van der Waals surface area contributed by atoms with Crippen LogP contribution < -0.4 is 10.6 Å². The van der Waals surface area contributed by atoms with Crippen LogP contribution in [0.15, 0.2) is 12.1 Å². The molecule has 0 amide bonds. The first-order valence-electron chi connectivity index (χ1n) is 17.8. The maximum absolute atomic E-state index is 13.5. The van der Waals surface area contributed by atoms with E-state index in [0.717, 1.165) is 29.5 Å². The van der Waals surface area contributed by atoms with Gasteiger partial charge in [0.25, 0.3) is 0 Å². The van der Waals surface area contributed by atoms with E-state index in [4.69, 9.17) is 0 Å². The molecule has 2 saturated heterocycles. The summed E-state index contributed by atoms with van der Waals surface area (Å²) < 4.78 is 0. The van der Waals surface area contributed by atoms with Gasteiger partial charge in [0.15, 0.2) is 5.41 Å². The average Bonchev–Trinajstić information content (AvgIpc) is 2.79. The molecule has 268 valence electrons. The van der Waals surface area contributed by atoms with Crippen LogP contribution in [-0.4, -0.2) is 49.4 Å². The maximum Gasteiger partial charge on any atom is 0.321 e. The third-order valence-electron chi connectivity index (χ3n) is 11.1. The van der Waals surface area contributed by atoms with E-state index in [1.807, 2.05) is 34.6 Å². The van der Waals surface area contributed by atoms with Gasteiger partial charge < -0.3 is 26.0 Å². The highest BCUT2D eigenvalue weighted by molar-refractivity contribution is 5.99. The molecule has 7 nitrogen and oxygen atoms in total. The molecule has 5 N–H and O–H groups in total. The maximum atomic E-state index is 13.5. The van der Waals surface area contributed by atoms with Crippen LogP contribution >= 0.6 is 0 Å². The highest BCUT2D eigenvalue weighted by Crippen LogP contribution is 2.51. The number of phenolic OH excluding ortho intramolecular Hbond substituents is 1. The van der Waals surface area contributed by atoms with Gasteiger partial charge in [-0.05, 0) is 145 Å². The highest BCUT2D eigenvalue weighted by Gasteiger charge is 2.60. The lowest BCUT2D eigenvalue weighted by atomic mass is 9.56. The molecule has 2 heterocycles. The summed E-state index contributed by atoms with van der Waals surface area (Å²) in [6.07, 6.45) is 3.93. The molecule has 1 aromatic carbocycles. The van der Waals surface area contributed by atoms with E-state index in [0.29, 0.717) is 31.4 Å². The molecular formula is C40H68N2O5. The van der Waals surface area contributed by atoms with Crippen molar-refractivity contribution in [1.82, 2.24) is 10.6 Å². The normalized spacial score (nSPS) is 23.2. The predicted molar refractivity (Wildman–Crippen MR) is 192 cm³/mol. The Morgan fingerprint density at radius 3 is 1.45 bits per heavy atom. The third kappa shape index (κ3) is 8.73. The highest BCUT2D eigenvalue weighted by atomic mass is 16.4. The first-order valence-corrected chi connectivity index (χ1v) is 17.8. The molecule has 2 aliphatic heterocycles. The number of rotatable bonds is 9. The van der Waals surface area contributed by atoms with Crippen molar-refractivity contribution >= 4 is 11.9 Å². The largest absolute Gasteiger partial charge is 0.507 e. The van der Waals surface area contributed by atoms with E-state index in [9.17, 15) is 24.9 Å². The molecule has 2 fully saturated rings. The number of carboxylic acids is 2. The zero-order chi connectivity index (χ0) is 36.3. The van der Waals surface area contributed by atoms with Gasteiger partial charge in [-0.15, -0.1) is 0 Å². The van der Waals surface area contributed by atoms with Gasteiger partial charge in [-0.1, -0.05) is 60.6 Å². The molecule has 3 rings (SSSR count).